The van der Waals surface area contributed by atoms with E-state index in [-0.39, 0.29) is 17.9 Å². The first-order valence-corrected chi connectivity index (χ1v) is 6.78. The monoisotopic (exact) mass is 307 g/mol. The van der Waals surface area contributed by atoms with Gasteiger partial charge >= 0.3 is 12.1 Å². The molecule has 0 aliphatic carbocycles. The zero-order valence-corrected chi connectivity index (χ0v) is 13.2. The van der Waals surface area contributed by atoms with E-state index in [2.05, 4.69) is 5.32 Å². The van der Waals surface area contributed by atoms with Crippen molar-refractivity contribution < 1.29 is 24.2 Å². The molecule has 0 radical (unpaired) electrons. The van der Waals surface area contributed by atoms with E-state index >= 15 is 0 Å². The smallest absolute Gasteiger partial charge is 0.407 e. The van der Waals surface area contributed by atoms with Gasteiger partial charge in [-0.15, -0.1) is 0 Å². The van der Waals surface area contributed by atoms with E-state index in [4.69, 9.17) is 14.6 Å². The lowest BCUT2D eigenvalue weighted by molar-refractivity contribution is 0.0533. The maximum absolute atomic E-state index is 11.5. The van der Waals surface area contributed by atoms with Crippen LogP contribution < -0.4 is 10.1 Å². The number of carboxylic acid groups (broad SMARTS) is 1. The summed E-state index contributed by atoms with van der Waals surface area (Å²) < 4.78 is 10.2. The van der Waals surface area contributed by atoms with Gasteiger partial charge < -0.3 is 19.9 Å². The van der Waals surface area contributed by atoms with Crippen LogP contribution in [-0.2, 0) is 4.74 Å². The normalized spacial score (nSPS) is 11.3. The van der Waals surface area contributed by atoms with Crippen molar-refractivity contribution in [1.82, 2.24) is 5.32 Å². The van der Waals surface area contributed by atoms with E-state index in [1.807, 2.05) is 0 Å². The van der Waals surface area contributed by atoms with E-state index < -0.39 is 17.7 Å². The topological polar surface area (TPSA) is 84.9 Å². The van der Waals surface area contributed by atoms with Gasteiger partial charge in [-0.05, 0) is 26.8 Å². The number of carbonyl (C=O) groups is 2. The summed E-state index contributed by atoms with van der Waals surface area (Å²) in [4.78, 5) is 22.6. The van der Waals surface area contributed by atoms with E-state index in [9.17, 15) is 9.59 Å². The van der Waals surface area contributed by atoms with Gasteiger partial charge in [0.1, 0.15) is 16.9 Å². The molecule has 0 heterocycles. The molecule has 0 bridgehead atoms. The Balaban J connectivity index is 2.69. The highest BCUT2D eigenvalue weighted by Gasteiger charge is 2.15. The lowest BCUT2D eigenvalue weighted by Crippen LogP contribution is -2.32. The summed E-state index contributed by atoms with van der Waals surface area (Å²) in [5, 5.41) is 11.7. The zero-order chi connectivity index (χ0) is 16.8. The van der Waals surface area contributed by atoms with E-state index in [1.54, 1.807) is 45.1 Å². The summed E-state index contributed by atoms with van der Waals surface area (Å²) in [7, 11) is 1.41. The van der Waals surface area contributed by atoms with Crippen LogP contribution >= 0.6 is 0 Å². The molecule has 0 spiro atoms. The van der Waals surface area contributed by atoms with Gasteiger partial charge in [-0.25, -0.2) is 9.59 Å². The van der Waals surface area contributed by atoms with Crippen LogP contribution in [0.3, 0.4) is 0 Å². The third-order valence-electron chi connectivity index (χ3n) is 2.54. The molecule has 6 heteroatoms. The van der Waals surface area contributed by atoms with Crippen LogP contribution in [0.4, 0.5) is 4.79 Å². The molecular formula is C16H21NO5. The van der Waals surface area contributed by atoms with Crippen LogP contribution in [0.2, 0.25) is 0 Å². The van der Waals surface area contributed by atoms with Gasteiger partial charge in [0.05, 0.1) is 7.11 Å². The summed E-state index contributed by atoms with van der Waals surface area (Å²) in [6.45, 7) is 5.61. The number of amides is 1. The van der Waals surface area contributed by atoms with Gasteiger partial charge in [-0.2, -0.15) is 0 Å². The molecule has 22 heavy (non-hydrogen) atoms. The van der Waals surface area contributed by atoms with Crippen LogP contribution in [0.15, 0.2) is 24.3 Å². The fraction of sp³-hybridized carbons (Fsp3) is 0.375. The fourth-order valence-corrected chi connectivity index (χ4v) is 1.72. The lowest BCUT2D eigenvalue weighted by Gasteiger charge is -2.19. The third-order valence-corrected chi connectivity index (χ3v) is 2.54. The Morgan fingerprint density at radius 1 is 1.32 bits per heavy atom. The minimum Gasteiger partial charge on any atom is -0.495 e. The van der Waals surface area contributed by atoms with Crippen molar-refractivity contribution in [3.8, 4) is 5.75 Å². The van der Waals surface area contributed by atoms with Gasteiger partial charge in [-0.3, -0.25) is 0 Å². The third kappa shape index (κ3) is 5.47. The number of nitrogens with one attached hydrogen (secondary N) is 1. The second kappa shape index (κ2) is 7.49. The number of benzene rings is 1. The SMILES string of the molecule is COc1c(C=CCNC(=O)OC(C)(C)C)cccc1C(=O)O. The molecule has 1 rings (SSSR count). The van der Waals surface area contributed by atoms with Crippen LogP contribution in [0.1, 0.15) is 36.7 Å². The number of methoxy groups -OCH3 is 1. The van der Waals surface area contributed by atoms with Crippen molar-refractivity contribution >= 4 is 18.1 Å². The minimum atomic E-state index is -1.06. The van der Waals surface area contributed by atoms with Gasteiger partial charge in [0.2, 0.25) is 0 Å². The van der Waals surface area contributed by atoms with Crippen LogP contribution in [0.5, 0.6) is 5.75 Å². The van der Waals surface area contributed by atoms with Gasteiger partial charge in [0.15, 0.2) is 0 Å². The van der Waals surface area contributed by atoms with Gasteiger partial charge in [-0.1, -0.05) is 24.3 Å². The number of alkyl carbamates (subject to hydrolysis) is 1. The predicted molar refractivity (Wildman–Crippen MR) is 83.2 cm³/mol. The zero-order valence-electron chi connectivity index (χ0n) is 13.2. The van der Waals surface area contributed by atoms with Crippen molar-refractivity contribution in [2.75, 3.05) is 13.7 Å². The molecule has 6 nitrogen and oxygen atoms in total. The summed E-state index contributed by atoms with van der Waals surface area (Å²) in [5.41, 5.74) is 0.158. The summed E-state index contributed by atoms with van der Waals surface area (Å²) in [6, 6.07) is 4.83. The number of para-hydroxylation sites is 1. The van der Waals surface area contributed by atoms with E-state index in [0.29, 0.717) is 5.56 Å². The number of aromatic carboxylic acids is 1. The van der Waals surface area contributed by atoms with Crippen molar-refractivity contribution in [3.63, 3.8) is 0 Å². The van der Waals surface area contributed by atoms with Gasteiger partial charge in [0, 0.05) is 12.1 Å². The minimum absolute atomic E-state index is 0.0877. The maximum Gasteiger partial charge on any atom is 0.407 e. The molecule has 0 saturated heterocycles. The highest BCUT2D eigenvalue weighted by atomic mass is 16.6. The molecule has 0 fully saturated rings. The molecule has 120 valence electrons. The van der Waals surface area contributed by atoms with Crippen molar-refractivity contribution in [1.29, 1.82) is 0 Å². The van der Waals surface area contributed by atoms with E-state index in [1.165, 1.54) is 13.2 Å². The van der Waals surface area contributed by atoms with Crippen LogP contribution in [0.25, 0.3) is 6.08 Å². The van der Waals surface area contributed by atoms with Crippen LogP contribution in [-0.4, -0.2) is 36.4 Å². The lowest BCUT2D eigenvalue weighted by atomic mass is 10.1. The molecule has 0 aliphatic rings. The van der Waals surface area contributed by atoms with Crippen LogP contribution in [0, 0.1) is 0 Å². The first-order chi connectivity index (χ1) is 10.2. The Hall–Kier alpha value is -2.50. The second-order valence-corrected chi connectivity index (χ2v) is 5.52. The maximum atomic E-state index is 11.5. The number of carbonyl (C=O) groups excluding carboxylic acids is 1. The summed E-state index contributed by atoms with van der Waals surface area (Å²) in [6.07, 6.45) is 2.86. The molecule has 1 aromatic carbocycles. The number of rotatable bonds is 5. The van der Waals surface area contributed by atoms with E-state index in [0.717, 1.165) is 0 Å². The average molecular weight is 307 g/mol. The Morgan fingerprint density at radius 2 is 2.00 bits per heavy atom. The first kappa shape index (κ1) is 17.6. The molecule has 1 aromatic rings. The number of ether oxygens (including phenoxy) is 2. The molecule has 0 unspecified atom stereocenters. The second-order valence-electron chi connectivity index (χ2n) is 5.52. The fourth-order valence-electron chi connectivity index (χ4n) is 1.72. The largest absolute Gasteiger partial charge is 0.495 e. The molecule has 0 aliphatic heterocycles. The van der Waals surface area contributed by atoms with Crippen molar-refractivity contribution in [3.05, 3.63) is 35.4 Å². The highest BCUT2D eigenvalue weighted by molar-refractivity contribution is 5.92. The number of hydrogen-bond acceptors (Lipinski definition) is 4. The Morgan fingerprint density at radius 3 is 2.55 bits per heavy atom. The average Bonchev–Trinajstić information content (AvgIpc) is 2.41. The Bertz CT molecular complexity index is 572. The summed E-state index contributed by atoms with van der Waals surface area (Å²) in [5.74, 6) is -0.775. The molecule has 1 amide bonds. The van der Waals surface area contributed by atoms with Gasteiger partial charge in [0.25, 0.3) is 0 Å². The molecular weight excluding hydrogens is 286 g/mol. The first-order valence-electron chi connectivity index (χ1n) is 6.78. The number of carboxylic acids is 1. The Labute approximate surface area is 129 Å². The molecule has 0 aromatic heterocycles. The quantitative estimate of drug-likeness (QED) is 0.873. The Kier molecular flexibility index (Phi) is 5.98. The number of hydrogen-bond donors (Lipinski definition) is 2. The van der Waals surface area contributed by atoms with Crippen molar-refractivity contribution in [2.24, 2.45) is 0 Å². The highest BCUT2D eigenvalue weighted by Crippen LogP contribution is 2.24. The van der Waals surface area contributed by atoms with Crippen molar-refractivity contribution in [2.45, 2.75) is 26.4 Å². The molecule has 2 N–H and O–H groups in total. The standard InChI is InChI=1S/C16H21NO5/c1-16(2,3)22-15(20)17-10-6-8-11-7-5-9-12(14(18)19)13(11)21-4/h5-9H,10H2,1-4H3,(H,17,20)(H,18,19). The molecule has 0 saturated carbocycles. The predicted octanol–water partition coefficient (Wildman–Crippen LogP) is 2.93. The summed E-state index contributed by atoms with van der Waals surface area (Å²) >= 11 is 0. The molecule has 0 atom stereocenters.